The Balaban J connectivity index is 2.00. The number of aryl methyl sites for hydroxylation is 2. The maximum absolute atomic E-state index is 4.53. The monoisotopic (exact) mass is 281 g/mol. The Morgan fingerprint density at radius 3 is 2.81 bits per heavy atom. The van der Waals surface area contributed by atoms with Crippen molar-refractivity contribution >= 4 is 28.4 Å². The Bertz CT molecular complexity index is 775. The summed E-state index contributed by atoms with van der Waals surface area (Å²) < 4.78 is 0. The molecule has 108 valence electrons. The van der Waals surface area contributed by atoms with E-state index in [2.05, 4.69) is 50.7 Å². The first kappa shape index (κ1) is 13.4. The minimum absolute atomic E-state index is 0.642. The van der Waals surface area contributed by atoms with Crippen LogP contribution in [0.1, 0.15) is 18.1 Å². The zero-order valence-electron chi connectivity index (χ0n) is 12.5. The lowest BCUT2D eigenvalue weighted by Crippen LogP contribution is -2.05. The Morgan fingerprint density at radius 1 is 1.14 bits per heavy atom. The number of fused-ring (bicyclic) bond motifs is 1. The summed E-state index contributed by atoms with van der Waals surface area (Å²) in [6.45, 7) is 6.93. The molecule has 5 nitrogen and oxygen atoms in total. The van der Waals surface area contributed by atoms with Crippen molar-refractivity contribution in [1.29, 1.82) is 0 Å². The van der Waals surface area contributed by atoms with Crippen molar-refractivity contribution in [3.63, 3.8) is 0 Å². The van der Waals surface area contributed by atoms with Crippen molar-refractivity contribution in [2.45, 2.75) is 20.8 Å². The van der Waals surface area contributed by atoms with Crippen molar-refractivity contribution in [2.75, 3.05) is 17.2 Å². The Labute approximate surface area is 123 Å². The van der Waals surface area contributed by atoms with Gasteiger partial charge < -0.3 is 15.6 Å². The van der Waals surface area contributed by atoms with E-state index >= 15 is 0 Å². The van der Waals surface area contributed by atoms with Crippen LogP contribution in [0.25, 0.3) is 10.9 Å². The molecule has 21 heavy (non-hydrogen) atoms. The molecule has 0 aliphatic carbocycles. The molecule has 0 aliphatic rings. The normalized spacial score (nSPS) is 10.8. The number of aromatic amines is 1. The van der Waals surface area contributed by atoms with Crippen molar-refractivity contribution in [3.8, 4) is 0 Å². The lowest BCUT2D eigenvalue weighted by molar-refractivity contribution is 1.07. The summed E-state index contributed by atoms with van der Waals surface area (Å²) in [4.78, 5) is 12.1. The summed E-state index contributed by atoms with van der Waals surface area (Å²) in [5.74, 6) is 1.47. The molecular weight excluding hydrogens is 262 g/mol. The van der Waals surface area contributed by atoms with E-state index in [0.717, 1.165) is 34.5 Å². The number of benzene rings is 1. The number of rotatable bonds is 4. The topological polar surface area (TPSA) is 65.6 Å². The minimum atomic E-state index is 0.642. The van der Waals surface area contributed by atoms with Gasteiger partial charge in [0, 0.05) is 35.6 Å². The van der Waals surface area contributed by atoms with E-state index in [-0.39, 0.29) is 0 Å². The van der Waals surface area contributed by atoms with E-state index < -0.39 is 0 Å². The highest BCUT2D eigenvalue weighted by atomic mass is 15.1. The lowest BCUT2D eigenvalue weighted by Gasteiger charge is -2.12. The fourth-order valence-electron chi connectivity index (χ4n) is 2.35. The fourth-order valence-corrected chi connectivity index (χ4v) is 2.35. The van der Waals surface area contributed by atoms with Crippen LogP contribution in [0.5, 0.6) is 0 Å². The predicted octanol–water partition coefficient (Wildman–Crippen LogP) is 3.75. The first-order valence-electron chi connectivity index (χ1n) is 7.10. The number of nitrogens with one attached hydrogen (secondary N) is 3. The summed E-state index contributed by atoms with van der Waals surface area (Å²) in [6.07, 6.45) is 3.79. The molecule has 0 aliphatic heterocycles. The summed E-state index contributed by atoms with van der Waals surface area (Å²) in [5.41, 5.74) is 4.44. The van der Waals surface area contributed by atoms with Gasteiger partial charge in [0.05, 0.1) is 5.52 Å². The van der Waals surface area contributed by atoms with Gasteiger partial charge in [-0.3, -0.25) is 0 Å². The van der Waals surface area contributed by atoms with Crippen molar-refractivity contribution in [3.05, 3.63) is 41.7 Å². The first-order valence-corrected chi connectivity index (χ1v) is 7.10. The van der Waals surface area contributed by atoms with Crippen LogP contribution in [0.2, 0.25) is 0 Å². The van der Waals surface area contributed by atoms with Crippen LogP contribution < -0.4 is 10.6 Å². The molecule has 3 aromatic rings. The number of H-pyrrole nitrogens is 1. The van der Waals surface area contributed by atoms with E-state index in [4.69, 9.17) is 0 Å². The summed E-state index contributed by atoms with van der Waals surface area (Å²) in [5, 5.41) is 7.71. The summed E-state index contributed by atoms with van der Waals surface area (Å²) >= 11 is 0. The predicted molar refractivity (Wildman–Crippen MR) is 87.3 cm³/mol. The van der Waals surface area contributed by atoms with Gasteiger partial charge in [-0.15, -0.1) is 0 Å². The molecule has 0 saturated heterocycles. The van der Waals surface area contributed by atoms with Crippen LogP contribution in [-0.2, 0) is 0 Å². The number of hydrogen-bond donors (Lipinski definition) is 3. The van der Waals surface area contributed by atoms with Crippen molar-refractivity contribution < 1.29 is 0 Å². The number of nitrogens with zero attached hydrogens (tertiary/aromatic N) is 2. The Hall–Kier alpha value is -2.56. The van der Waals surface area contributed by atoms with Crippen LogP contribution in [0.3, 0.4) is 0 Å². The maximum atomic E-state index is 4.53. The van der Waals surface area contributed by atoms with Gasteiger partial charge in [-0.2, -0.15) is 4.98 Å². The molecule has 3 rings (SSSR count). The zero-order valence-corrected chi connectivity index (χ0v) is 12.5. The SMILES string of the molecule is CCNc1ncc(C)c(Nc2ccc(C)c3[nH]ccc23)n1. The molecule has 0 bridgehead atoms. The van der Waals surface area contributed by atoms with Gasteiger partial charge in [-0.25, -0.2) is 4.98 Å². The first-order chi connectivity index (χ1) is 10.2. The van der Waals surface area contributed by atoms with Gasteiger partial charge in [-0.1, -0.05) is 6.07 Å². The second-order valence-corrected chi connectivity index (χ2v) is 5.08. The number of anilines is 3. The highest BCUT2D eigenvalue weighted by molar-refractivity contribution is 5.95. The fraction of sp³-hybridized carbons (Fsp3) is 0.250. The van der Waals surface area contributed by atoms with Crippen LogP contribution >= 0.6 is 0 Å². The highest BCUT2D eigenvalue weighted by Gasteiger charge is 2.08. The van der Waals surface area contributed by atoms with Crippen LogP contribution in [0, 0.1) is 13.8 Å². The molecule has 3 N–H and O–H groups in total. The molecule has 0 saturated carbocycles. The van der Waals surface area contributed by atoms with E-state index in [9.17, 15) is 0 Å². The molecule has 0 spiro atoms. The molecule has 0 atom stereocenters. The largest absolute Gasteiger partial charge is 0.361 e. The third kappa shape index (κ3) is 2.54. The minimum Gasteiger partial charge on any atom is -0.361 e. The summed E-state index contributed by atoms with van der Waals surface area (Å²) in [7, 11) is 0. The standard InChI is InChI=1S/C16H19N5/c1-4-17-16-19-9-11(3)15(21-16)20-13-6-5-10(2)14-12(13)7-8-18-14/h5-9,18H,4H2,1-3H3,(H2,17,19,20,21). The van der Waals surface area contributed by atoms with Gasteiger partial charge in [0.15, 0.2) is 0 Å². The zero-order chi connectivity index (χ0) is 14.8. The average Bonchev–Trinajstić information content (AvgIpc) is 2.96. The number of aromatic nitrogens is 3. The van der Waals surface area contributed by atoms with E-state index in [1.165, 1.54) is 5.56 Å². The summed E-state index contributed by atoms with van der Waals surface area (Å²) in [6, 6.07) is 6.26. The average molecular weight is 281 g/mol. The molecular formula is C16H19N5. The molecule has 2 heterocycles. The van der Waals surface area contributed by atoms with Crippen LogP contribution in [-0.4, -0.2) is 21.5 Å². The molecule has 1 aromatic carbocycles. The Kier molecular flexibility index (Phi) is 3.48. The third-order valence-corrected chi connectivity index (χ3v) is 3.49. The van der Waals surface area contributed by atoms with Crippen molar-refractivity contribution in [2.24, 2.45) is 0 Å². The quantitative estimate of drug-likeness (QED) is 0.681. The molecule has 0 radical (unpaired) electrons. The highest BCUT2D eigenvalue weighted by Crippen LogP contribution is 2.28. The lowest BCUT2D eigenvalue weighted by atomic mass is 10.1. The van der Waals surface area contributed by atoms with Crippen molar-refractivity contribution in [1.82, 2.24) is 15.0 Å². The van der Waals surface area contributed by atoms with E-state index in [1.807, 2.05) is 26.2 Å². The Morgan fingerprint density at radius 2 is 2.00 bits per heavy atom. The molecule has 5 heteroatoms. The van der Waals surface area contributed by atoms with Gasteiger partial charge in [0.1, 0.15) is 5.82 Å². The smallest absolute Gasteiger partial charge is 0.224 e. The second kappa shape index (κ2) is 5.44. The van der Waals surface area contributed by atoms with Gasteiger partial charge in [-0.05, 0) is 38.5 Å². The molecule has 2 aromatic heterocycles. The van der Waals surface area contributed by atoms with Gasteiger partial charge in [0.25, 0.3) is 0 Å². The van der Waals surface area contributed by atoms with Gasteiger partial charge in [0.2, 0.25) is 5.95 Å². The van der Waals surface area contributed by atoms with E-state index in [0.29, 0.717) is 5.95 Å². The maximum Gasteiger partial charge on any atom is 0.224 e. The number of hydrogen-bond acceptors (Lipinski definition) is 4. The second-order valence-electron chi connectivity index (χ2n) is 5.08. The van der Waals surface area contributed by atoms with Crippen LogP contribution in [0.15, 0.2) is 30.6 Å². The van der Waals surface area contributed by atoms with Crippen LogP contribution in [0.4, 0.5) is 17.5 Å². The van der Waals surface area contributed by atoms with Gasteiger partial charge >= 0.3 is 0 Å². The van der Waals surface area contributed by atoms with E-state index in [1.54, 1.807) is 0 Å². The molecule has 0 unspecified atom stereocenters. The molecule has 0 amide bonds. The third-order valence-electron chi connectivity index (χ3n) is 3.49. The molecule has 0 fully saturated rings.